The minimum atomic E-state index is -1.08. The van der Waals surface area contributed by atoms with Crippen LogP contribution < -0.4 is 41.1 Å². The van der Waals surface area contributed by atoms with Crippen LogP contribution in [0.4, 0.5) is 0 Å². The van der Waals surface area contributed by atoms with Crippen molar-refractivity contribution in [2.75, 3.05) is 85.1 Å². The number of hydrogen-bond donors (Lipinski definition) is 6. The highest BCUT2D eigenvalue weighted by Gasteiger charge is 1.94. The fraction of sp³-hybridized carbons (Fsp3) is 0.893. The number of carboxylic acids is 3. The molecule has 12 nitrogen and oxygen atoms in total. The molecule has 0 amide bonds. The lowest BCUT2D eigenvalue weighted by Crippen LogP contribution is -3.11. The van der Waals surface area contributed by atoms with E-state index in [4.69, 9.17) is 40.5 Å². The average Bonchev–Trinajstić information content (AvgIpc) is 2.88. The van der Waals surface area contributed by atoms with Crippen LogP contribution in [-0.2, 0) is 14.4 Å². The van der Waals surface area contributed by atoms with Crippen LogP contribution >= 0.6 is 0 Å². The molecule has 0 rings (SSSR count). The SMILES string of the molecule is CC(=O)[O-].CC(=O)[O-].CC(=O)[O-].CC[NH+](CC)CC.CC[NH+](CC)CC.CC[NH+](CC)CC.NCCNCCO. The quantitative estimate of drug-likeness (QED) is 0.114. The molecule has 0 aromatic rings. The maximum Gasteiger partial charge on any atom is 0.0742 e. The standard InChI is InChI=1S/3C6H15N.C4H12N2O.3C2H4O2/c3*1-4-7(5-2)6-3;5-1-2-6-3-4-7;3*1-2(3)4/h3*4-6H2,1-3H3;6-7H,1-5H2;3*1H3,(H,3,4). The third kappa shape index (κ3) is 110. The first-order valence-electron chi connectivity index (χ1n) is 14.7. The molecule has 0 aliphatic heterocycles. The number of aliphatic hydroxyl groups is 1. The Bertz CT molecular complexity index is 373. The number of carbonyl (C=O) groups is 3. The molecule has 7 N–H and O–H groups in total. The molecule has 0 saturated carbocycles. The normalized spacial score (nSPS) is 8.93. The van der Waals surface area contributed by atoms with Gasteiger partial charge in [-0.3, -0.25) is 0 Å². The molecule has 0 fully saturated rings. The molecule has 0 aromatic carbocycles. The number of nitrogens with two attached hydrogens (primary N) is 1. The van der Waals surface area contributed by atoms with Crippen LogP contribution in [0.3, 0.4) is 0 Å². The molecule has 0 unspecified atom stereocenters. The number of hydrogen-bond acceptors (Lipinski definition) is 9. The second-order valence-corrected chi connectivity index (χ2v) is 8.17. The van der Waals surface area contributed by atoms with Crippen molar-refractivity contribution in [1.29, 1.82) is 0 Å². The van der Waals surface area contributed by atoms with Crippen LogP contribution in [0.15, 0.2) is 0 Å². The summed E-state index contributed by atoms with van der Waals surface area (Å²) < 4.78 is 0. The zero-order valence-corrected chi connectivity index (χ0v) is 28.2. The molecule has 0 spiro atoms. The molecule has 0 radical (unpaired) electrons. The highest BCUT2D eigenvalue weighted by molar-refractivity contribution is 5.60. The van der Waals surface area contributed by atoms with Crippen molar-refractivity contribution >= 4 is 17.9 Å². The molecule has 0 saturated heterocycles. The van der Waals surface area contributed by atoms with Crippen molar-refractivity contribution in [2.45, 2.75) is 83.1 Å². The lowest BCUT2D eigenvalue weighted by Gasteiger charge is -2.10. The van der Waals surface area contributed by atoms with Crippen LogP contribution in [0.2, 0.25) is 0 Å². The molecule has 0 aromatic heterocycles. The van der Waals surface area contributed by atoms with Crippen molar-refractivity contribution in [3.8, 4) is 0 Å². The Labute approximate surface area is 246 Å². The molecular formula is C28H69N5O7. The van der Waals surface area contributed by atoms with Gasteiger partial charge in [-0.2, -0.15) is 0 Å². The van der Waals surface area contributed by atoms with Crippen molar-refractivity contribution in [3.63, 3.8) is 0 Å². The van der Waals surface area contributed by atoms with Crippen LogP contribution in [0, 0.1) is 0 Å². The molecular weight excluding hydrogens is 518 g/mol. The maximum atomic E-state index is 8.89. The summed E-state index contributed by atoms with van der Waals surface area (Å²) in [5.41, 5.74) is 5.13. The highest BCUT2D eigenvalue weighted by atomic mass is 16.4. The Balaban J connectivity index is -0.0000000645. The van der Waals surface area contributed by atoms with Gasteiger partial charge in [0, 0.05) is 37.5 Å². The third-order valence-electron chi connectivity index (χ3n) is 5.11. The van der Waals surface area contributed by atoms with E-state index in [0.717, 1.165) is 27.3 Å². The largest absolute Gasteiger partial charge is 0.550 e. The van der Waals surface area contributed by atoms with Crippen LogP contribution in [0.25, 0.3) is 0 Å². The predicted molar refractivity (Wildman–Crippen MR) is 159 cm³/mol. The van der Waals surface area contributed by atoms with Gasteiger partial charge in [-0.1, -0.05) is 0 Å². The van der Waals surface area contributed by atoms with Crippen molar-refractivity contribution in [1.82, 2.24) is 5.32 Å². The second kappa shape index (κ2) is 53.4. The fourth-order valence-corrected chi connectivity index (χ4v) is 2.56. The first kappa shape index (κ1) is 54.3. The summed E-state index contributed by atoms with van der Waals surface area (Å²) in [6, 6.07) is 0. The first-order chi connectivity index (χ1) is 18.6. The van der Waals surface area contributed by atoms with Gasteiger partial charge in [-0.25, -0.2) is 0 Å². The number of carbonyl (C=O) groups excluding carboxylic acids is 3. The molecule has 248 valence electrons. The van der Waals surface area contributed by atoms with Gasteiger partial charge in [-0.15, -0.1) is 0 Å². The summed E-state index contributed by atoms with van der Waals surface area (Å²) >= 11 is 0. The van der Waals surface area contributed by atoms with E-state index in [2.05, 4.69) is 67.6 Å². The molecule has 12 heteroatoms. The summed E-state index contributed by atoms with van der Waals surface area (Å²) in [4.78, 5) is 31.7. The number of carboxylic acid groups (broad SMARTS) is 3. The monoisotopic (exact) mass is 588 g/mol. The van der Waals surface area contributed by atoms with Gasteiger partial charge in [0.25, 0.3) is 0 Å². The summed E-state index contributed by atoms with van der Waals surface area (Å²) in [6.07, 6.45) is 0. The van der Waals surface area contributed by atoms with Gasteiger partial charge in [0.2, 0.25) is 0 Å². The average molecular weight is 588 g/mol. The van der Waals surface area contributed by atoms with E-state index in [0.29, 0.717) is 13.1 Å². The van der Waals surface area contributed by atoms with Crippen molar-refractivity contribution in [3.05, 3.63) is 0 Å². The lowest BCUT2D eigenvalue weighted by atomic mass is 10.5. The van der Waals surface area contributed by atoms with E-state index in [1.807, 2.05) is 0 Å². The van der Waals surface area contributed by atoms with E-state index in [-0.39, 0.29) is 6.61 Å². The topological polar surface area (TPSA) is 192 Å². The van der Waals surface area contributed by atoms with E-state index in [1.54, 1.807) is 14.7 Å². The first-order valence-corrected chi connectivity index (χ1v) is 14.7. The Kier molecular flexibility index (Phi) is 72.5. The number of nitrogens with one attached hydrogen (secondary N) is 4. The maximum absolute atomic E-state index is 8.89. The summed E-state index contributed by atoms with van der Waals surface area (Å²) in [6.45, 7) is 36.7. The van der Waals surface area contributed by atoms with E-state index in [1.165, 1.54) is 58.9 Å². The summed E-state index contributed by atoms with van der Waals surface area (Å²) in [7, 11) is 0. The zero-order valence-electron chi connectivity index (χ0n) is 28.2. The van der Waals surface area contributed by atoms with Gasteiger partial charge in [0.05, 0.1) is 65.5 Å². The molecule has 0 aliphatic carbocycles. The predicted octanol–water partition coefficient (Wildman–Crippen LogP) is -5.41. The van der Waals surface area contributed by atoms with E-state index < -0.39 is 17.9 Å². The zero-order chi connectivity index (χ0) is 33.4. The Hall–Kier alpha value is -1.83. The number of aliphatic carboxylic acids is 3. The highest BCUT2D eigenvalue weighted by Crippen LogP contribution is 1.52. The van der Waals surface area contributed by atoms with Crippen LogP contribution in [0.1, 0.15) is 83.1 Å². The van der Waals surface area contributed by atoms with Gasteiger partial charge in [-0.05, 0) is 83.1 Å². The summed E-state index contributed by atoms with van der Waals surface area (Å²) in [5, 5.41) is 37.8. The van der Waals surface area contributed by atoms with Crippen molar-refractivity contribution < 1.29 is 49.5 Å². The van der Waals surface area contributed by atoms with Gasteiger partial charge in [0.1, 0.15) is 0 Å². The Morgan fingerprint density at radius 2 is 0.725 bits per heavy atom. The van der Waals surface area contributed by atoms with Crippen molar-refractivity contribution in [2.24, 2.45) is 5.73 Å². The fourth-order valence-electron chi connectivity index (χ4n) is 2.56. The van der Waals surface area contributed by atoms with Gasteiger partial charge in [0.15, 0.2) is 0 Å². The van der Waals surface area contributed by atoms with Gasteiger partial charge >= 0.3 is 0 Å². The smallest absolute Gasteiger partial charge is 0.0742 e. The minimum Gasteiger partial charge on any atom is -0.550 e. The molecule has 0 bridgehead atoms. The Morgan fingerprint density at radius 3 is 0.800 bits per heavy atom. The van der Waals surface area contributed by atoms with E-state index in [9.17, 15) is 0 Å². The number of rotatable bonds is 13. The summed E-state index contributed by atoms with van der Waals surface area (Å²) in [5.74, 6) is -3.25. The van der Waals surface area contributed by atoms with Gasteiger partial charge < -0.3 is 60.6 Å². The molecule has 0 aliphatic rings. The Morgan fingerprint density at radius 1 is 0.550 bits per heavy atom. The molecule has 0 atom stereocenters. The van der Waals surface area contributed by atoms with Crippen LogP contribution in [0.5, 0.6) is 0 Å². The molecule has 0 heterocycles. The van der Waals surface area contributed by atoms with E-state index >= 15 is 0 Å². The minimum absolute atomic E-state index is 0.194. The number of aliphatic hydroxyl groups excluding tert-OH is 1. The second-order valence-electron chi connectivity index (χ2n) is 8.17. The third-order valence-corrected chi connectivity index (χ3v) is 5.11. The molecule has 40 heavy (non-hydrogen) atoms. The number of quaternary nitrogens is 3. The lowest BCUT2D eigenvalue weighted by molar-refractivity contribution is -0.894. The van der Waals surface area contributed by atoms with Crippen LogP contribution in [-0.4, -0.2) is 108 Å².